The molecule has 0 bridgehead atoms. The van der Waals surface area contributed by atoms with E-state index >= 15 is 0 Å². The second-order valence-electron chi connectivity index (χ2n) is 2.58. The van der Waals surface area contributed by atoms with Gasteiger partial charge in [-0.05, 0) is 13.8 Å². The van der Waals surface area contributed by atoms with Crippen LogP contribution in [0.2, 0.25) is 0 Å². The van der Waals surface area contributed by atoms with Crippen molar-refractivity contribution < 1.29 is 13.2 Å². The minimum atomic E-state index is -3.35. The Labute approximate surface area is 66.9 Å². The van der Waals surface area contributed by atoms with Gasteiger partial charge in [0.2, 0.25) is 13.9 Å². The maximum absolute atomic E-state index is 11.2. The summed E-state index contributed by atoms with van der Waals surface area (Å²) >= 11 is 0. The molecule has 11 heavy (non-hydrogen) atoms. The van der Waals surface area contributed by atoms with Crippen LogP contribution in [0.4, 0.5) is 0 Å². The molecular formula is C5H8BNO3S. The van der Waals surface area contributed by atoms with Crippen LogP contribution in [-0.2, 0) is 14.6 Å². The maximum atomic E-state index is 11.2. The Morgan fingerprint density at radius 2 is 1.91 bits per heavy atom. The molecule has 1 amide bonds. The minimum absolute atomic E-state index is 0.530. The first-order valence-corrected chi connectivity index (χ1v) is 4.80. The molecule has 0 aliphatic carbocycles. The van der Waals surface area contributed by atoms with Crippen molar-refractivity contribution in [2.75, 3.05) is 0 Å². The summed E-state index contributed by atoms with van der Waals surface area (Å²) in [5, 5.41) is -1.87. The van der Waals surface area contributed by atoms with Gasteiger partial charge in [0, 0.05) is 0 Å². The maximum Gasteiger partial charge on any atom is 0.232 e. The first kappa shape index (κ1) is 8.58. The molecule has 1 fully saturated rings. The van der Waals surface area contributed by atoms with Crippen molar-refractivity contribution in [3.63, 3.8) is 0 Å². The van der Waals surface area contributed by atoms with Gasteiger partial charge < -0.3 is 4.81 Å². The van der Waals surface area contributed by atoms with Crippen molar-refractivity contribution >= 4 is 23.7 Å². The molecule has 2 unspecified atom stereocenters. The smallest absolute Gasteiger partial charge is 0.232 e. The van der Waals surface area contributed by atoms with E-state index in [1.54, 1.807) is 0 Å². The number of hydrogen-bond donors (Lipinski definition) is 0. The molecule has 2 radical (unpaired) electrons. The summed E-state index contributed by atoms with van der Waals surface area (Å²) in [4.78, 5) is 11.7. The van der Waals surface area contributed by atoms with Crippen molar-refractivity contribution in [1.29, 1.82) is 0 Å². The highest BCUT2D eigenvalue weighted by atomic mass is 32.2. The molecule has 0 saturated carbocycles. The average molecular weight is 173 g/mol. The van der Waals surface area contributed by atoms with E-state index in [1.807, 2.05) is 0 Å². The molecule has 0 spiro atoms. The Hall–Kier alpha value is -0.515. The van der Waals surface area contributed by atoms with Gasteiger partial charge in [-0.3, -0.25) is 4.79 Å². The zero-order valence-corrected chi connectivity index (χ0v) is 7.13. The number of sulfone groups is 1. The van der Waals surface area contributed by atoms with E-state index in [0.29, 0.717) is 0 Å². The molecule has 4 nitrogen and oxygen atoms in total. The predicted molar refractivity (Wildman–Crippen MR) is 40.4 cm³/mol. The third-order valence-electron chi connectivity index (χ3n) is 1.96. The second kappa shape index (κ2) is 2.23. The molecule has 1 saturated heterocycles. The SMILES string of the molecule is [B]N1C(=O)C(C)S(=O)(=O)C1C. The molecular weight excluding hydrogens is 165 g/mol. The van der Waals surface area contributed by atoms with Gasteiger partial charge in [0.1, 0.15) is 10.6 Å². The highest BCUT2D eigenvalue weighted by Gasteiger charge is 2.44. The van der Waals surface area contributed by atoms with Gasteiger partial charge in [-0.15, -0.1) is 0 Å². The Morgan fingerprint density at radius 3 is 2.00 bits per heavy atom. The fourth-order valence-corrected chi connectivity index (χ4v) is 2.40. The fourth-order valence-electron chi connectivity index (χ4n) is 0.983. The number of rotatable bonds is 0. The standard InChI is InChI=1S/C5H8BNO3S/c1-3-5(8)7(6)4(2)11(3,9)10/h3-4H,1-2H3. The molecule has 0 N–H and O–H groups in total. The van der Waals surface area contributed by atoms with E-state index in [0.717, 1.165) is 4.81 Å². The van der Waals surface area contributed by atoms with Crippen molar-refractivity contribution in [1.82, 2.24) is 4.81 Å². The van der Waals surface area contributed by atoms with Gasteiger partial charge in [0.15, 0.2) is 9.84 Å². The van der Waals surface area contributed by atoms with E-state index < -0.39 is 26.4 Å². The normalized spacial score (nSPS) is 36.2. The van der Waals surface area contributed by atoms with Crippen LogP contribution in [0.25, 0.3) is 0 Å². The summed E-state index contributed by atoms with van der Waals surface area (Å²) in [6.07, 6.45) is 0. The van der Waals surface area contributed by atoms with Gasteiger partial charge in [-0.25, -0.2) is 8.42 Å². The van der Waals surface area contributed by atoms with E-state index in [9.17, 15) is 13.2 Å². The van der Waals surface area contributed by atoms with Crippen LogP contribution in [0.15, 0.2) is 0 Å². The first-order valence-electron chi connectivity index (χ1n) is 3.19. The van der Waals surface area contributed by atoms with Gasteiger partial charge in [0.05, 0.1) is 0 Å². The summed E-state index contributed by atoms with van der Waals surface area (Å²) in [6, 6.07) is 0. The molecule has 1 aliphatic heterocycles. The van der Waals surface area contributed by atoms with E-state index in [2.05, 4.69) is 0 Å². The summed E-state index contributed by atoms with van der Waals surface area (Å²) in [5.41, 5.74) is 0. The monoisotopic (exact) mass is 173 g/mol. The van der Waals surface area contributed by atoms with Crippen molar-refractivity contribution in [3.8, 4) is 0 Å². The van der Waals surface area contributed by atoms with Crippen LogP contribution in [-0.4, -0.2) is 37.7 Å². The zero-order valence-electron chi connectivity index (χ0n) is 6.31. The van der Waals surface area contributed by atoms with Crippen molar-refractivity contribution in [2.24, 2.45) is 0 Å². The highest BCUT2D eigenvalue weighted by Crippen LogP contribution is 2.21. The van der Waals surface area contributed by atoms with Crippen LogP contribution in [0.1, 0.15) is 13.8 Å². The van der Waals surface area contributed by atoms with Crippen LogP contribution in [0.5, 0.6) is 0 Å². The summed E-state index contributed by atoms with van der Waals surface area (Å²) in [6.45, 7) is 2.75. The van der Waals surface area contributed by atoms with Crippen LogP contribution >= 0.6 is 0 Å². The zero-order chi connectivity index (χ0) is 8.81. The van der Waals surface area contributed by atoms with E-state index in [-0.39, 0.29) is 0 Å². The molecule has 0 aromatic rings. The van der Waals surface area contributed by atoms with E-state index in [4.69, 9.17) is 7.98 Å². The van der Waals surface area contributed by atoms with Gasteiger partial charge in [-0.2, -0.15) is 0 Å². The third-order valence-corrected chi connectivity index (χ3v) is 4.33. The molecule has 2 atom stereocenters. The number of amides is 1. The molecule has 60 valence electrons. The quantitative estimate of drug-likeness (QED) is 0.444. The predicted octanol–water partition coefficient (Wildman–Crippen LogP) is -0.939. The molecule has 6 heteroatoms. The Morgan fingerprint density at radius 1 is 1.45 bits per heavy atom. The molecule has 0 aromatic carbocycles. The van der Waals surface area contributed by atoms with Gasteiger partial charge in [0.25, 0.3) is 0 Å². The first-order chi connectivity index (χ1) is 4.89. The highest BCUT2D eigenvalue weighted by molar-refractivity contribution is 7.93. The summed E-state index contributed by atoms with van der Waals surface area (Å²) < 4.78 is 22.3. The van der Waals surface area contributed by atoms with Gasteiger partial charge in [-0.1, -0.05) is 0 Å². The Balaban J connectivity index is 3.17. The lowest BCUT2D eigenvalue weighted by Gasteiger charge is -2.12. The Bertz CT molecular complexity index is 286. The number of carbonyl (C=O) groups excluding carboxylic acids is 1. The largest absolute Gasteiger partial charge is 0.381 e. The van der Waals surface area contributed by atoms with Crippen molar-refractivity contribution in [2.45, 2.75) is 24.5 Å². The lowest BCUT2D eigenvalue weighted by Crippen LogP contribution is -2.30. The lowest BCUT2D eigenvalue weighted by atomic mass is 10.2. The molecule has 0 aromatic heterocycles. The van der Waals surface area contributed by atoms with E-state index in [1.165, 1.54) is 13.8 Å². The van der Waals surface area contributed by atoms with Crippen LogP contribution < -0.4 is 0 Å². The summed E-state index contributed by atoms with van der Waals surface area (Å²) in [5.74, 6) is -0.530. The van der Waals surface area contributed by atoms with Crippen LogP contribution in [0, 0.1) is 0 Å². The fraction of sp³-hybridized carbons (Fsp3) is 0.800. The summed E-state index contributed by atoms with van der Waals surface area (Å²) in [7, 11) is 1.84. The molecule has 1 rings (SSSR count). The number of hydrogen-bond acceptors (Lipinski definition) is 3. The van der Waals surface area contributed by atoms with Crippen LogP contribution in [0.3, 0.4) is 0 Å². The number of nitrogens with zero attached hydrogens (tertiary/aromatic N) is 1. The average Bonchev–Trinajstić information content (AvgIpc) is 2.06. The second-order valence-corrected chi connectivity index (χ2v) is 5.14. The minimum Gasteiger partial charge on any atom is -0.381 e. The molecule has 1 aliphatic rings. The lowest BCUT2D eigenvalue weighted by molar-refractivity contribution is -0.125. The van der Waals surface area contributed by atoms with Crippen molar-refractivity contribution in [3.05, 3.63) is 0 Å². The number of carbonyl (C=O) groups is 1. The third kappa shape index (κ3) is 0.963. The topological polar surface area (TPSA) is 54.5 Å². The molecule has 1 heterocycles. The van der Waals surface area contributed by atoms with Gasteiger partial charge >= 0.3 is 0 Å². The Kier molecular flexibility index (Phi) is 1.74.